The van der Waals surface area contributed by atoms with Crippen LogP contribution in [0.2, 0.25) is 0 Å². The van der Waals surface area contributed by atoms with E-state index in [9.17, 15) is 9.18 Å². The van der Waals surface area contributed by atoms with E-state index in [4.69, 9.17) is 9.47 Å². The fourth-order valence-electron chi connectivity index (χ4n) is 3.44. The first-order chi connectivity index (χ1) is 14.7. The highest BCUT2D eigenvalue weighted by Gasteiger charge is 2.16. The van der Waals surface area contributed by atoms with Crippen LogP contribution in [-0.2, 0) is 29.0 Å². The molecule has 2 bridgehead atoms. The van der Waals surface area contributed by atoms with Gasteiger partial charge in [-0.05, 0) is 29.3 Å². The number of fused-ring (bicyclic) bond motifs is 3. The van der Waals surface area contributed by atoms with E-state index in [-0.39, 0.29) is 18.3 Å². The molecule has 0 spiro atoms. The van der Waals surface area contributed by atoms with Gasteiger partial charge in [-0.3, -0.25) is 4.79 Å². The number of amides is 1. The lowest BCUT2D eigenvalue weighted by Crippen LogP contribution is -2.36. The molecule has 0 saturated carbocycles. The molecule has 7 nitrogen and oxygen atoms in total. The van der Waals surface area contributed by atoms with Crippen molar-refractivity contribution in [2.75, 3.05) is 26.4 Å². The maximum absolute atomic E-state index is 13.8. The molecule has 0 N–H and O–H groups in total. The summed E-state index contributed by atoms with van der Waals surface area (Å²) >= 11 is 0. The number of ether oxygens (including phenoxy) is 2. The number of nitrogens with zero attached hydrogens (tertiary/aromatic N) is 4. The number of halogens is 1. The van der Waals surface area contributed by atoms with Crippen LogP contribution in [0.25, 0.3) is 0 Å². The van der Waals surface area contributed by atoms with E-state index >= 15 is 0 Å². The summed E-state index contributed by atoms with van der Waals surface area (Å²) in [5, 5.41) is 4.01. The van der Waals surface area contributed by atoms with Gasteiger partial charge in [0.25, 0.3) is 0 Å². The molecule has 1 aliphatic rings. The maximum Gasteiger partial charge on any atom is 0.244 e. The summed E-state index contributed by atoms with van der Waals surface area (Å²) in [6, 6.07) is 12.5. The SMILES string of the molecule is O=C(Cn1cncn1)N1CCOCCOc2ccc(F)cc2Cc2cccc(c2)C1. The Kier molecular flexibility index (Phi) is 6.34. The summed E-state index contributed by atoms with van der Waals surface area (Å²) in [6.07, 6.45) is 3.46. The molecule has 0 aliphatic carbocycles. The number of aromatic nitrogens is 3. The van der Waals surface area contributed by atoms with E-state index in [1.807, 2.05) is 24.3 Å². The molecule has 4 rings (SSSR count). The monoisotopic (exact) mass is 410 g/mol. The Morgan fingerprint density at radius 1 is 1.10 bits per heavy atom. The Bertz CT molecular complexity index is 994. The van der Waals surface area contributed by atoms with Crippen LogP contribution in [0.3, 0.4) is 0 Å². The van der Waals surface area contributed by atoms with Gasteiger partial charge in [0.05, 0.1) is 13.2 Å². The van der Waals surface area contributed by atoms with Crippen molar-refractivity contribution in [3.8, 4) is 5.75 Å². The van der Waals surface area contributed by atoms with Gasteiger partial charge in [0, 0.05) is 25.1 Å². The average molecular weight is 410 g/mol. The molecule has 0 fully saturated rings. The zero-order valence-corrected chi connectivity index (χ0v) is 16.5. The summed E-state index contributed by atoms with van der Waals surface area (Å²) in [5.74, 6) is 0.299. The van der Waals surface area contributed by atoms with Crippen molar-refractivity contribution < 1.29 is 18.7 Å². The molecule has 30 heavy (non-hydrogen) atoms. The molecule has 2 aromatic carbocycles. The minimum atomic E-state index is -0.296. The average Bonchev–Trinajstić information content (AvgIpc) is 3.24. The lowest BCUT2D eigenvalue weighted by molar-refractivity contribution is -0.133. The highest BCUT2D eigenvalue weighted by atomic mass is 19.1. The van der Waals surface area contributed by atoms with Crippen molar-refractivity contribution in [3.63, 3.8) is 0 Å². The number of rotatable bonds is 2. The van der Waals surface area contributed by atoms with Gasteiger partial charge in [-0.1, -0.05) is 24.3 Å². The van der Waals surface area contributed by atoms with Crippen LogP contribution in [-0.4, -0.2) is 51.9 Å². The van der Waals surface area contributed by atoms with Gasteiger partial charge in [0.2, 0.25) is 5.91 Å². The van der Waals surface area contributed by atoms with Gasteiger partial charge in [-0.2, -0.15) is 5.10 Å². The maximum atomic E-state index is 13.8. The molecule has 0 radical (unpaired) electrons. The van der Waals surface area contributed by atoms with E-state index in [1.165, 1.54) is 29.5 Å². The first kappa shape index (κ1) is 20.0. The molecule has 1 amide bonds. The minimum absolute atomic E-state index is 0.0646. The van der Waals surface area contributed by atoms with Gasteiger partial charge >= 0.3 is 0 Å². The molecule has 8 heteroatoms. The van der Waals surface area contributed by atoms with Crippen LogP contribution in [0, 0.1) is 5.82 Å². The summed E-state index contributed by atoms with van der Waals surface area (Å²) in [6.45, 7) is 2.16. The Balaban J connectivity index is 1.57. The smallest absolute Gasteiger partial charge is 0.244 e. The second-order valence-electron chi connectivity index (χ2n) is 7.12. The Labute approximate surface area is 174 Å². The van der Waals surface area contributed by atoms with Gasteiger partial charge in [-0.25, -0.2) is 14.1 Å². The van der Waals surface area contributed by atoms with Crippen LogP contribution in [0.1, 0.15) is 16.7 Å². The second kappa shape index (κ2) is 9.49. The van der Waals surface area contributed by atoms with Crippen molar-refractivity contribution in [2.24, 2.45) is 0 Å². The van der Waals surface area contributed by atoms with E-state index in [2.05, 4.69) is 10.1 Å². The molecule has 0 atom stereocenters. The minimum Gasteiger partial charge on any atom is -0.491 e. The van der Waals surface area contributed by atoms with Gasteiger partial charge in [0.15, 0.2) is 0 Å². The summed E-state index contributed by atoms with van der Waals surface area (Å²) in [7, 11) is 0. The largest absolute Gasteiger partial charge is 0.491 e. The fourth-order valence-corrected chi connectivity index (χ4v) is 3.44. The van der Waals surface area contributed by atoms with Crippen LogP contribution in [0.5, 0.6) is 5.75 Å². The second-order valence-corrected chi connectivity index (χ2v) is 7.12. The van der Waals surface area contributed by atoms with Crippen molar-refractivity contribution in [2.45, 2.75) is 19.5 Å². The van der Waals surface area contributed by atoms with Gasteiger partial charge < -0.3 is 14.4 Å². The van der Waals surface area contributed by atoms with Crippen LogP contribution in [0.15, 0.2) is 55.1 Å². The third-order valence-electron chi connectivity index (χ3n) is 4.89. The molecule has 156 valence electrons. The van der Waals surface area contributed by atoms with Crippen molar-refractivity contribution >= 4 is 5.91 Å². The van der Waals surface area contributed by atoms with Crippen molar-refractivity contribution in [1.82, 2.24) is 19.7 Å². The molecular formula is C22H23FN4O3. The molecule has 1 aromatic heterocycles. The van der Waals surface area contributed by atoms with Crippen LogP contribution >= 0.6 is 0 Å². The Morgan fingerprint density at radius 2 is 2.00 bits per heavy atom. The number of carbonyl (C=O) groups is 1. The van der Waals surface area contributed by atoms with Crippen molar-refractivity contribution in [1.29, 1.82) is 0 Å². The first-order valence-corrected chi connectivity index (χ1v) is 9.84. The molecule has 0 unspecified atom stereocenters. The summed E-state index contributed by atoms with van der Waals surface area (Å²) < 4.78 is 26.8. The standard InChI is InChI=1S/C22H23FN4O3/c23-20-4-5-21-19(12-20)11-17-2-1-3-18(10-17)13-26(6-7-29-8-9-30-21)22(28)14-27-16-24-15-25-27/h1-5,10,12,15-16H,6-9,11,13-14H2. The number of hydrogen-bond acceptors (Lipinski definition) is 5. The lowest BCUT2D eigenvalue weighted by atomic mass is 10.0. The zero-order valence-electron chi connectivity index (χ0n) is 16.5. The normalized spacial score (nSPS) is 15.0. The number of hydrogen-bond donors (Lipinski definition) is 0. The highest BCUT2D eigenvalue weighted by Crippen LogP contribution is 2.24. The molecule has 2 heterocycles. The fraction of sp³-hybridized carbons (Fsp3) is 0.318. The highest BCUT2D eigenvalue weighted by molar-refractivity contribution is 5.75. The Morgan fingerprint density at radius 3 is 2.87 bits per heavy atom. The lowest BCUT2D eigenvalue weighted by Gasteiger charge is -2.23. The van der Waals surface area contributed by atoms with E-state index in [1.54, 1.807) is 11.0 Å². The number of carbonyl (C=O) groups excluding carboxylic acids is 1. The zero-order chi connectivity index (χ0) is 20.8. The van der Waals surface area contributed by atoms with Crippen LogP contribution in [0.4, 0.5) is 4.39 Å². The van der Waals surface area contributed by atoms with Crippen molar-refractivity contribution in [3.05, 3.63) is 77.6 Å². The van der Waals surface area contributed by atoms with Crippen LogP contribution < -0.4 is 4.74 Å². The first-order valence-electron chi connectivity index (χ1n) is 9.84. The number of benzene rings is 2. The van der Waals surface area contributed by atoms with E-state index in [0.29, 0.717) is 45.1 Å². The molecule has 3 aromatic rings. The van der Waals surface area contributed by atoms with E-state index in [0.717, 1.165) is 16.7 Å². The quantitative estimate of drug-likeness (QED) is 0.649. The molecule has 1 aliphatic heterocycles. The summed E-state index contributed by atoms with van der Waals surface area (Å²) in [5.41, 5.74) is 2.80. The third kappa shape index (κ3) is 5.21. The topological polar surface area (TPSA) is 69.5 Å². The predicted molar refractivity (Wildman–Crippen MR) is 107 cm³/mol. The molecular weight excluding hydrogens is 387 g/mol. The third-order valence-corrected chi connectivity index (χ3v) is 4.89. The Hall–Kier alpha value is -3.26. The predicted octanol–water partition coefficient (Wildman–Crippen LogP) is 2.45. The van der Waals surface area contributed by atoms with Gasteiger partial charge in [0.1, 0.15) is 37.4 Å². The van der Waals surface area contributed by atoms with Gasteiger partial charge in [-0.15, -0.1) is 0 Å². The van der Waals surface area contributed by atoms with E-state index < -0.39 is 0 Å². The summed E-state index contributed by atoms with van der Waals surface area (Å²) in [4.78, 5) is 18.5. The molecule has 0 saturated heterocycles.